The SMILES string of the molecule is COCCN(Cc1ccc(CO)cc1)CC(F)F. The van der Waals surface area contributed by atoms with E-state index in [0.29, 0.717) is 19.7 Å². The van der Waals surface area contributed by atoms with Gasteiger partial charge in [-0.2, -0.15) is 0 Å². The second-order valence-corrected chi connectivity index (χ2v) is 4.09. The molecule has 0 unspecified atom stereocenters. The summed E-state index contributed by atoms with van der Waals surface area (Å²) < 4.78 is 29.7. The molecule has 0 spiro atoms. The van der Waals surface area contributed by atoms with Gasteiger partial charge in [0.05, 0.1) is 19.8 Å². The topological polar surface area (TPSA) is 32.7 Å². The zero-order chi connectivity index (χ0) is 13.4. The molecule has 0 bridgehead atoms. The molecule has 5 heteroatoms. The number of halogens is 2. The molecule has 1 aromatic carbocycles. The summed E-state index contributed by atoms with van der Waals surface area (Å²) in [7, 11) is 1.55. The highest BCUT2D eigenvalue weighted by Gasteiger charge is 2.12. The van der Waals surface area contributed by atoms with E-state index in [9.17, 15) is 8.78 Å². The number of methoxy groups -OCH3 is 1. The van der Waals surface area contributed by atoms with Gasteiger partial charge in [0.25, 0.3) is 6.43 Å². The van der Waals surface area contributed by atoms with Gasteiger partial charge in [0.1, 0.15) is 0 Å². The van der Waals surface area contributed by atoms with E-state index in [1.807, 2.05) is 12.1 Å². The summed E-state index contributed by atoms with van der Waals surface area (Å²) in [5.41, 5.74) is 1.76. The predicted octanol–water partition coefficient (Wildman–Crippen LogP) is 1.89. The Bertz CT molecular complexity index is 330. The Morgan fingerprint density at radius 2 is 1.83 bits per heavy atom. The van der Waals surface area contributed by atoms with Crippen molar-refractivity contribution in [3.8, 4) is 0 Å². The number of benzene rings is 1. The maximum Gasteiger partial charge on any atom is 0.251 e. The van der Waals surface area contributed by atoms with E-state index in [1.54, 1.807) is 24.1 Å². The standard InChI is InChI=1S/C13H19F2NO2/c1-18-7-6-16(9-13(14)15)8-11-2-4-12(10-17)5-3-11/h2-5,13,17H,6-10H2,1H3. The lowest BCUT2D eigenvalue weighted by Gasteiger charge is -2.21. The molecule has 0 aliphatic heterocycles. The van der Waals surface area contributed by atoms with E-state index < -0.39 is 6.43 Å². The van der Waals surface area contributed by atoms with Crippen LogP contribution in [0.4, 0.5) is 8.78 Å². The third-order valence-electron chi connectivity index (χ3n) is 2.62. The van der Waals surface area contributed by atoms with Crippen molar-refractivity contribution in [3.63, 3.8) is 0 Å². The third kappa shape index (κ3) is 5.53. The first kappa shape index (κ1) is 15.0. The fraction of sp³-hybridized carbons (Fsp3) is 0.538. The normalized spacial score (nSPS) is 11.4. The maximum absolute atomic E-state index is 12.4. The van der Waals surface area contributed by atoms with E-state index in [2.05, 4.69) is 0 Å². The van der Waals surface area contributed by atoms with Gasteiger partial charge in [0, 0.05) is 20.2 Å². The molecule has 0 heterocycles. The van der Waals surface area contributed by atoms with Crippen molar-refractivity contribution < 1.29 is 18.6 Å². The molecule has 0 amide bonds. The van der Waals surface area contributed by atoms with Crippen LogP contribution in [0.2, 0.25) is 0 Å². The predicted molar refractivity (Wildman–Crippen MR) is 65.5 cm³/mol. The zero-order valence-electron chi connectivity index (χ0n) is 10.5. The van der Waals surface area contributed by atoms with Crippen LogP contribution in [-0.2, 0) is 17.9 Å². The van der Waals surface area contributed by atoms with E-state index >= 15 is 0 Å². The molecule has 0 saturated carbocycles. The van der Waals surface area contributed by atoms with Crippen molar-refractivity contribution in [1.29, 1.82) is 0 Å². The largest absolute Gasteiger partial charge is 0.392 e. The number of alkyl halides is 2. The Balaban J connectivity index is 2.56. The Morgan fingerprint density at radius 3 is 2.33 bits per heavy atom. The molecule has 0 aromatic heterocycles. The first-order valence-electron chi connectivity index (χ1n) is 5.83. The molecular weight excluding hydrogens is 240 g/mol. The molecule has 1 rings (SSSR count). The van der Waals surface area contributed by atoms with Crippen molar-refractivity contribution in [1.82, 2.24) is 4.90 Å². The fourth-order valence-electron chi connectivity index (χ4n) is 1.66. The van der Waals surface area contributed by atoms with Crippen molar-refractivity contribution >= 4 is 0 Å². The van der Waals surface area contributed by atoms with Gasteiger partial charge < -0.3 is 9.84 Å². The zero-order valence-corrected chi connectivity index (χ0v) is 10.5. The van der Waals surface area contributed by atoms with Gasteiger partial charge in [-0.25, -0.2) is 8.78 Å². The molecule has 18 heavy (non-hydrogen) atoms. The molecule has 0 saturated heterocycles. The van der Waals surface area contributed by atoms with Crippen molar-refractivity contribution in [2.45, 2.75) is 19.6 Å². The van der Waals surface area contributed by atoms with Gasteiger partial charge in [0.2, 0.25) is 0 Å². The second kappa shape index (κ2) is 8.13. The minimum atomic E-state index is -2.35. The summed E-state index contributed by atoms with van der Waals surface area (Å²) >= 11 is 0. The van der Waals surface area contributed by atoms with Crippen molar-refractivity contribution in [2.24, 2.45) is 0 Å². The van der Waals surface area contributed by atoms with Crippen LogP contribution in [0, 0.1) is 0 Å². The van der Waals surface area contributed by atoms with Gasteiger partial charge in [-0.3, -0.25) is 4.90 Å². The Kier molecular flexibility index (Phi) is 6.78. The maximum atomic E-state index is 12.4. The highest BCUT2D eigenvalue weighted by atomic mass is 19.3. The van der Waals surface area contributed by atoms with Crippen LogP contribution in [0.1, 0.15) is 11.1 Å². The summed E-state index contributed by atoms with van der Waals surface area (Å²) in [6.07, 6.45) is -2.35. The van der Waals surface area contributed by atoms with E-state index in [0.717, 1.165) is 11.1 Å². The second-order valence-electron chi connectivity index (χ2n) is 4.09. The van der Waals surface area contributed by atoms with Crippen LogP contribution in [0.15, 0.2) is 24.3 Å². The number of rotatable bonds is 8. The van der Waals surface area contributed by atoms with Crippen LogP contribution in [0.5, 0.6) is 0 Å². The first-order valence-corrected chi connectivity index (χ1v) is 5.83. The third-order valence-corrected chi connectivity index (χ3v) is 2.62. The molecule has 0 aliphatic rings. The molecule has 0 aliphatic carbocycles. The smallest absolute Gasteiger partial charge is 0.251 e. The molecule has 1 aromatic rings. The quantitative estimate of drug-likeness (QED) is 0.774. The summed E-state index contributed by atoms with van der Waals surface area (Å²) in [5.74, 6) is 0. The number of hydrogen-bond donors (Lipinski definition) is 1. The Hall–Kier alpha value is -1.04. The number of aliphatic hydroxyl groups excluding tert-OH is 1. The molecular formula is C13H19F2NO2. The number of aliphatic hydroxyl groups is 1. The number of nitrogens with zero attached hydrogens (tertiary/aromatic N) is 1. The van der Waals surface area contributed by atoms with Crippen LogP contribution in [0.25, 0.3) is 0 Å². The average molecular weight is 259 g/mol. The number of ether oxygens (including phenoxy) is 1. The summed E-state index contributed by atoms with van der Waals surface area (Å²) in [4.78, 5) is 1.65. The average Bonchev–Trinajstić information content (AvgIpc) is 2.36. The fourth-order valence-corrected chi connectivity index (χ4v) is 1.66. The summed E-state index contributed by atoms with van der Waals surface area (Å²) in [5, 5.41) is 8.92. The lowest BCUT2D eigenvalue weighted by Crippen LogP contribution is -2.31. The van der Waals surface area contributed by atoms with E-state index in [4.69, 9.17) is 9.84 Å². The minimum absolute atomic E-state index is 0.00922. The van der Waals surface area contributed by atoms with Crippen LogP contribution in [0.3, 0.4) is 0 Å². The minimum Gasteiger partial charge on any atom is -0.392 e. The van der Waals surface area contributed by atoms with Crippen LogP contribution >= 0.6 is 0 Å². The molecule has 3 nitrogen and oxygen atoms in total. The number of hydrogen-bond acceptors (Lipinski definition) is 3. The molecule has 102 valence electrons. The molecule has 0 atom stereocenters. The van der Waals surface area contributed by atoms with Gasteiger partial charge in [-0.1, -0.05) is 24.3 Å². The molecule has 0 fully saturated rings. The van der Waals surface area contributed by atoms with Crippen LogP contribution in [-0.4, -0.2) is 43.2 Å². The Labute approximate surface area is 106 Å². The van der Waals surface area contributed by atoms with Gasteiger partial charge >= 0.3 is 0 Å². The Morgan fingerprint density at radius 1 is 1.22 bits per heavy atom. The summed E-state index contributed by atoms with van der Waals surface area (Å²) in [6, 6.07) is 7.28. The first-order chi connectivity index (χ1) is 8.65. The highest BCUT2D eigenvalue weighted by molar-refractivity contribution is 5.21. The van der Waals surface area contributed by atoms with E-state index in [-0.39, 0.29) is 13.2 Å². The molecule has 1 N–H and O–H groups in total. The monoisotopic (exact) mass is 259 g/mol. The van der Waals surface area contributed by atoms with Crippen molar-refractivity contribution in [3.05, 3.63) is 35.4 Å². The highest BCUT2D eigenvalue weighted by Crippen LogP contribution is 2.09. The lowest BCUT2D eigenvalue weighted by molar-refractivity contribution is 0.0671. The molecule has 0 radical (unpaired) electrons. The van der Waals surface area contributed by atoms with Crippen LogP contribution < -0.4 is 0 Å². The van der Waals surface area contributed by atoms with Gasteiger partial charge in [-0.15, -0.1) is 0 Å². The van der Waals surface area contributed by atoms with Crippen molar-refractivity contribution in [2.75, 3.05) is 26.8 Å². The lowest BCUT2D eigenvalue weighted by atomic mass is 10.1. The van der Waals surface area contributed by atoms with Gasteiger partial charge in [-0.05, 0) is 11.1 Å². The summed E-state index contributed by atoms with van der Waals surface area (Å²) in [6.45, 7) is 1.10. The van der Waals surface area contributed by atoms with E-state index in [1.165, 1.54) is 0 Å². The van der Waals surface area contributed by atoms with Gasteiger partial charge in [0.15, 0.2) is 0 Å².